The number of fused-ring (bicyclic) bond motifs is 8. The normalized spacial score (nSPS) is 14.7. The number of para-hydroxylation sites is 2. The van der Waals surface area contributed by atoms with Gasteiger partial charge in [0.1, 0.15) is 11.2 Å². The molecule has 0 fully saturated rings. The minimum atomic E-state index is -0.582. The Kier molecular flexibility index (Phi) is 4.04. The van der Waals surface area contributed by atoms with Crippen molar-refractivity contribution in [1.29, 1.82) is 0 Å². The first kappa shape index (κ1) is 18.5. The molecule has 48 heavy (non-hydrogen) atoms. The van der Waals surface area contributed by atoms with E-state index < -0.39 is 60.4 Å². The van der Waals surface area contributed by atoms with Crippen LogP contribution < -0.4 is 0 Å². The molecule has 0 bridgehead atoms. The van der Waals surface area contributed by atoms with Gasteiger partial charge in [-0.1, -0.05) is 133 Å². The number of nitrogens with zero attached hydrogens (tertiary/aromatic N) is 4. The lowest BCUT2D eigenvalue weighted by molar-refractivity contribution is 0.668. The third-order valence-corrected chi connectivity index (χ3v) is 8.50. The van der Waals surface area contributed by atoms with Crippen molar-refractivity contribution in [3.05, 3.63) is 157 Å². The lowest BCUT2D eigenvalue weighted by atomic mass is 10.0. The summed E-state index contributed by atoms with van der Waals surface area (Å²) in [7, 11) is 0. The van der Waals surface area contributed by atoms with Gasteiger partial charge in [0.15, 0.2) is 17.5 Å². The molecule has 0 spiro atoms. The molecule has 0 saturated carbocycles. The van der Waals surface area contributed by atoms with Crippen molar-refractivity contribution in [1.82, 2.24) is 19.5 Å². The van der Waals surface area contributed by atoms with Crippen LogP contribution in [0.5, 0.6) is 0 Å². The van der Waals surface area contributed by atoms with Crippen LogP contribution in [0.3, 0.4) is 0 Å². The van der Waals surface area contributed by atoms with E-state index in [4.69, 9.17) is 30.3 Å². The van der Waals surface area contributed by atoms with Crippen LogP contribution in [0.1, 0.15) is 13.7 Å². The molecule has 0 saturated heterocycles. The van der Waals surface area contributed by atoms with E-state index in [0.29, 0.717) is 33.8 Å². The average molecular weight is 625 g/mol. The first-order valence-corrected chi connectivity index (χ1v) is 15.2. The molecule has 0 unspecified atom stereocenters. The molecule has 3 aromatic heterocycles. The van der Waals surface area contributed by atoms with Crippen molar-refractivity contribution in [2.45, 2.75) is 0 Å². The molecule has 0 amide bonds. The van der Waals surface area contributed by atoms with Crippen molar-refractivity contribution < 1.29 is 18.1 Å². The van der Waals surface area contributed by atoms with Crippen molar-refractivity contribution in [2.24, 2.45) is 0 Å². The van der Waals surface area contributed by atoms with Gasteiger partial charge in [-0.2, -0.15) is 0 Å². The maximum atomic E-state index is 9.25. The summed E-state index contributed by atoms with van der Waals surface area (Å²) >= 11 is 0. The number of hydrogen-bond donors (Lipinski definition) is 0. The van der Waals surface area contributed by atoms with Crippen molar-refractivity contribution in [3.63, 3.8) is 0 Å². The average Bonchev–Trinajstić information content (AvgIpc) is 3.81. The fourth-order valence-corrected chi connectivity index (χ4v) is 6.40. The van der Waals surface area contributed by atoms with Crippen molar-refractivity contribution >= 4 is 54.5 Å². The molecule has 0 atom stereocenters. The van der Waals surface area contributed by atoms with E-state index in [1.807, 2.05) is 84.9 Å². The van der Waals surface area contributed by atoms with Gasteiger partial charge in [0.25, 0.3) is 0 Å². The summed E-state index contributed by atoms with van der Waals surface area (Å²) in [4.78, 5) is 14.9. The van der Waals surface area contributed by atoms with Gasteiger partial charge >= 0.3 is 0 Å². The summed E-state index contributed by atoms with van der Waals surface area (Å²) in [5, 5.41) is 0.932. The Labute approximate surface area is 289 Å². The Morgan fingerprint density at radius 2 is 1.17 bits per heavy atom. The highest BCUT2D eigenvalue weighted by atomic mass is 16.3. The fourth-order valence-electron chi connectivity index (χ4n) is 6.40. The first-order chi connectivity index (χ1) is 28.0. The van der Waals surface area contributed by atoms with Gasteiger partial charge in [-0.15, -0.1) is 0 Å². The first-order valence-electron chi connectivity index (χ1n) is 20.2. The van der Waals surface area contributed by atoms with E-state index in [1.165, 1.54) is 4.57 Å². The minimum Gasteiger partial charge on any atom is -0.456 e. The molecular formula is C43H26N4O. The topological polar surface area (TPSA) is 56.7 Å². The molecule has 0 aliphatic heterocycles. The lowest BCUT2D eigenvalue weighted by Gasteiger charge is -2.13. The number of rotatable bonds is 4. The molecule has 10 aromatic rings. The van der Waals surface area contributed by atoms with Crippen LogP contribution in [0.15, 0.2) is 162 Å². The van der Waals surface area contributed by atoms with E-state index in [1.54, 1.807) is 12.1 Å². The third kappa shape index (κ3) is 4.08. The van der Waals surface area contributed by atoms with E-state index in [2.05, 4.69) is 0 Å². The van der Waals surface area contributed by atoms with Crippen LogP contribution >= 0.6 is 0 Å². The summed E-state index contributed by atoms with van der Waals surface area (Å²) < 4.78 is 96.9. The molecule has 5 nitrogen and oxygen atoms in total. The Morgan fingerprint density at radius 1 is 0.521 bits per heavy atom. The predicted octanol–water partition coefficient (Wildman–Crippen LogP) is 11.0. The van der Waals surface area contributed by atoms with E-state index in [0.717, 1.165) is 16.5 Å². The number of hydrogen-bond acceptors (Lipinski definition) is 4. The van der Waals surface area contributed by atoms with E-state index >= 15 is 0 Å². The smallest absolute Gasteiger partial charge is 0.164 e. The standard InChI is InChI=1S/C43H26N4O/c1-3-14-28(15-4-1)41-44-42(29-16-5-2-6-17-29)46-43(45-41)35-25-30(26-38-39(35)34-20-10-12-22-37(34)48-38)47-36-21-11-9-19-32(36)33-24-23-27-13-7-8-18-31(27)40(33)47/h1-26H/i7D,8D,9D,11D,13D,18D,19D,21D,23D,24D. The predicted molar refractivity (Wildman–Crippen MR) is 195 cm³/mol. The molecule has 0 aliphatic carbocycles. The summed E-state index contributed by atoms with van der Waals surface area (Å²) in [6.07, 6.45) is 0. The van der Waals surface area contributed by atoms with Crippen LogP contribution in [-0.2, 0) is 0 Å². The van der Waals surface area contributed by atoms with E-state index in [-0.39, 0.29) is 44.1 Å². The van der Waals surface area contributed by atoms with Gasteiger partial charge in [-0.3, -0.25) is 0 Å². The molecule has 3 heterocycles. The highest BCUT2D eigenvalue weighted by Crippen LogP contribution is 2.42. The zero-order valence-electron chi connectivity index (χ0n) is 34.9. The van der Waals surface area contributed by atoms with Gasteiger partial charge in [-0.05, 0) is 23.6 Å². The van der Waals surface area contributed by atoms with Crippen molar-refractivity contribution in [2.75, 3.05) is 0 Å². The largest absolute Gasteiger partial charge is 0.456 e. The summed E-state index contributed by atoms with van der Waals surface area (Å²) in [6, 6.07) is 24.6. The maximum absolute atomic E-state index is 9.25. The zero-order chi connectivity index (χ0) is 40.3. The number of benzene rings is 7. The second-order valence-corrected chi connectivity index (χ2v) is 11.3. The molecule has 10 rings (SSSR count). The fraction of sp³-hybridized carbons (Fsp3) is 0. The monoisotopic (exact) mass is 624 g/mol. The highest BCUT2D eigenvalue weighted by Gasteiger charge is 2.22. The van der Waals surface area contributed by atoms with Gasteiger partial charge in [0.05, 0.1) is 30.4 Å². The third-order valence-electron chi connectivity index (χ3n) is 8.50. The Balaban J connectivity index is 1.43. The van der Waals surface area contributed by atoms with Crippen LogP contribution in [0, 0.1) is 0 Å². The molecule has 0 aliphatic rings. The van der Waals surface area contributed by atoms with Crippen LogP contribution in [0.25, 0.3) is 94.4 Å². The molecule has 0 radical (unpaired) electrons. The Bertz CT molecular complexity index is 3350. The Morgan fingerprint density at radius 3 is 1.94 bits per heavy atom. The van der Waals surface area contributed by atoms with E-state index in [9.17, 15) is 2.74 Å². The molecular weight excluding hydrogens is 589 g/mol. The molecule has 5 heteroatoms. The molecule has 224 valence electrons. The second kappa shape index (κ2) is 10.5. The number of furan rings is 1. The van der Waals surface area contributed by atoms with Crippen LogP contribution in [0.4, 0.5) is 0 Å². The lowest BCUT2D eigenvalue weighted by Crippen LogP contribution is -2.01. The minimum absolute atomic E-state index is 0.0111. The van der Waals surface area contributed by atoms with Crippen molar-refractivity contribution in [3.8, 4) is 39.9 Å². The quantitative estimate of drug-likeness (QED) is 0.195. The SMILES string of the molecule is [2H]c1c([2H])c([2H])c2c(c1[2H])c([2H])c([2H])c1c3c([2H])c([2H])c([2H])c([2H])c3n(-c3cc(-c4nc(-c5ccccc5)nc(-c5ccccc5)n4)c4c(c3)oc3ccccc34)c21. The molecule has 7 aromatic carbocycles. The number of aromatic nitrogens is 4. The van der Waals surface area contributed by atoms with Gasteiger partial charge < -0.3 is 8.98 Å². The van der Waals surface area contributed by atoms with Crippen LogP contribution in [0.2, 0.25) is 0 Å². The highest BCUT2D eigenvalue weighted by molar-refractivity contribution is 6.19. The summed E-state index contributed by atoms with van der Waals surface area (Å²) in [5.41, 5.74) is 3.08. The summed E-state index contributed by atoms with van der Waals surface area (Å²) in [6.45, 7) is 0. The zero-order valence-corrected chi connectivity index (χ0v) is 24.9. The summed E-state index contributed by atoms with van der Waals surface area (Å²) in [5.74, 6) is 1.05. The van der Waals surface area contributed by atoms with Gasteiger partial charge in [-0.25, -0.2) is 15.0 Å². The van der Waals surface area contributed by atoms with Crippen LogP contribution in [-0.4, -0.2) is 19.5 Å². The molecule has 0 N–H and O–H groups in total. The maximum Gasteiger partial charge on any atom is 0.164 e. The Hall–Kier alpha value is -6.59. The van der Waals surface area contributed by atoms with Gasteiger partial charge in [0.2, 0.25) is 0 Å². The van der Waals surface area contributed by atoms with Gasteiger partial charge in [0, 0.05) is 49.7 Å². The second-order valence-electron chi connectivity index (χ2n) is 11.3.